The number of rotatable bonds is 6. The Hall–Kier alpha value is -0.820. The molecule has 118 valence electrons. The Kier molecular flexibility index (Phi) is 6.29. The van der Waals surface area contributed by atoms with E-state index in [0.717, 1.165) is 15.9 Å². The quantitative estimate of drug-likeness (QED) is 0.785. The number of hydrogen-bond donors (Lipinski definition) is 2. The topological polar surface area (TPSA) is 66.9 Å². The highest BCUT2D eigenvalue weighted by Gasteiger charge is 2.22. The highest BCUT2D eigenvalue weighted by molar-refractivity contribution is 8.01. The predicted octanol–water partition coefficient (Wildman–Crippen LogP) is 3.15. The van der Waals surface area contributed by atoms with Crippen molar-refractivity contribution in [2.45, 2.75) is 62.9 Å². The van der Waals surface area contributed by atoms with Gasteiger partial charge in [0.05, 0.1) is 5.75 Å². The number of hydrogen-bond acceptors (Lipinski definition) is 6. The van der Waals surface area contributed by atoms with E-state index in [1.807, 2.05) is 0 Å². The monoisotopic (exact) mass is 328 g/mol. The molecule has 1 saturated carbocycles. The Morgan fingerprint density at radius 2 is 2.14 bits per heavy atom. The molecule has 1 aliphatic rings. The SMILES string of the molecule is CC(C)Nc1nnc(SCC(=O)N[C@@H]2CCCC[C@@H]2C)s1. The fourth-order valence-corrected chi connectivity index (χ4v) is 4.19. The zero-order valence-electron chi connectivity index (χ0n) is 12.9. The van der Waals surface area contributed by atoms with E-state index in [2.05, 4.69) is 41.6 Å². The van der Waals surface area contributed by atoms with Gasteiger partial charge in [-0.1, -0.05) is 42.9 Å². The maximum atomic E-state index is 12.0. The van der Waals surface area contributed by atoms with Crippen LogP contribution < -0.4 is 10.6 Å². The van der Waals surface area contributed by atoms with Crippen molar-refractivity contribution in [1.29, 1.82) is 0 Å². The van der Waals surface area contributed by atoms with E-state index in [1.54, 1.807) is 0 Å². The van der Waals surface area contributed by atoms with Crippen molar-refractivity contribution < 1.29 is 4.79 Å². The summed E-state index contributed by atoms with van der Waals surface area (Å²) in [6.07, 6.45) is 4.85. The third-order valence-electron chi connectivity index (χ3n) is 3.60. The molecule has 0 saturated heterocycles. The molecule has 7 heteroatoms. The summed E-state index contributed by atoms with van der Waals surface area (Å²) in [4.78, 5) is 12.0. The Morgan fingerprint density at radius 1 is 1.38 bits per heavy atom. The summed E-state index contributed by atoms with van der Waals surface area (Å²) in [7, 11) is 0. The molecule has 0 aliphatic heterocycles. The molecular formula is C14H24N4OS2. The zero-order valence-corrected chi connectivity index (χ0v) is 14.5. The number of thioether (sulfide) groups is 1. The Labute approximate surface area is 134 Å². The van der Waals surface area contributed by atoms with Crippen LogP contribution in [0.1, 0.15) is 46.5 Å². The van der Waals surface area contributed by atoms with Crippen molar-refractivity contribution in [3.05, 3.63) is 0 Å². The van der Waals surface area contributed by atoms with E-state index in [9.17, 15) is 4.79 Å². The normalized spacial score (nSPS) is 22.3. The third kappa shape index (κ3) is 5.47. The first-order valence-electron chi connectivity index (χ1n) is 7.57. The van der Waals surface area contributed by atoms with E-state index in [-0.39, 0.29) is 5.91 Å². The lowest BCUT2D eigenvalue weighted by atomic mass is 9.86. The van der Waals surface area contributed by atoms with E-state index < -0.39 is 0 Å². The minimum absolute atomic E-state index is 0.104. The summed E-state index contributed by atoms with van der Waals surface area (Å²) in [5.41, 5.74) is 0. The molecule has 1 aromatic heterocycles. The molecule has 2 N–H and O–H groups in total. The molecule has 0 aromatic carbocycles. The highest BCUT2D eigenvalue weighted by atomic mass is 32.2. The average molecular weight is 329 g/mol. The fraction of sp³-hybridized carbons (Fsp3) is 0.786. The van der Waals surface area contributed by atoms with Gasteiger partial charge < -0.3 is 10.6 Å². The first kappa shape index (κ1) is 16.5. The van der Waals surface area contributed by atoms with Crippen LogP contribution in [0.2, 0.25) is 0 Å². The number of carbonyl (C=O) groups is 1. The molecular weight excluding hydrogens is 304 g/mol. The maximum absolute atomic E-state index is 12.0. The van der Waals surface area contributed by atoms with Crippen LogP contribution >= 0.6 is 23.1 Å². The van der Waals surface area contributed by atoms with Crippen molar-refractivity contribution in [3.63, 3.8) is 0 Å². The third-order valence-corrected chi connectivity index (χ3v) is 5.59. The summed E-state index contributed by atoms with van der Waals surface area (Å²) in [5.74, 6) is 1.11. The summed E-state index contributed by atoms with van der Waals surface area (Å²) in [6, 6.07) is 0.686. The lowest BCUT2D eigenvalue weighted by Crippen LogP contribution is -2.41. The molecule has 1 amide bonds. The van der Waals surface area contributed by atoms with Gasteiger partial charge in [0.25, 0.3) is 0 Å². The number of nitrogens with one attached hydrogen (secondary N) is 2. The van der Waals surface area contributed by atoms with Gasteiger partial charge in [-0.25, -0.2) is 0 Å². The fourth-order valence-electron chi connectivity index (χ4n) is 2.48. The van der Waals surface area contributed by atoms with Gasteiger partial charge in [-0.2, -0.15) is 0 Å². The van der Waals surface area contributed by atoms with Crippen LogP contribution in [0.5, 0.6) is 0 Å². The molecule has 1 fully saturated rings. The Morgan fingerprint density at radius 3 is 2.86 bits per heavy atom. The van der Waals surface area contributed by atoms with E-state index in [4.69, 9.17) is 0 Å². The lowest BCUT2D eigenvalue weighted by Gasteiger charge is -2.29. The summed E-state index contributed by atoms with van der Waals surface area (Å²) in [6.45, 7) is 6.35. The van der Waals surface area contributed by atoms with Crippen LogP contribution in [0.25, 0.3) is 0 Å². The molecule has 2 rings (SSSR count). The summed E-state index contributed by atoms with van der Waals surface area (Å²) >= 11 is 2.96. The second-order valence-corrected chi connectivity index (χ2v) is 8.10. The van der Waals surface area contributed by atoms with E-state index in [0.29, 0.717) is 23.8 Å². The molecule has 5 nitrogen and oxygen atoms in total. The van der Waals surface area contributed by atoms with E-state index >= 15 is 0 Å². The van der Waals surface area contributed by atoms with Crippen molar-refractivity contribution in [2.75, 3.05) is 11.1 Å². The second-order valence-electron chi connectivity index (χ2n) is 5.90. The van der Waals surface area contributed by atoms with Gasteiger partial charge in [0, 0.05) is 12.1 Å². The summed E-state index contributed by atoms with van der Waals surface area (Å²) < 4.78 is 0.838. The zero-order chi connectivity index (χ0) is 15.2. The van der Waals surface area contributed by atoms with Crippen LogP contribution in [-0.2, 0) is 4.79 Å². The van der Waals surface area contributed by atoms with Crippen molar-refractivity contribution in [2.24, 2.45) is 5.92 Å². The molecule has 0 bridgehead atoms. The standard InChI is InChI=1S/C14H24N4OS2/c1-9(2)15-13-17-18-14(21-13)20-8-12(19)16-11-7-5-4-6-10(11)3/h9-11H,4-8H2,1-3H3,(H,15,17)(H,16,19)/t10-,11+/m0/s1. The smallest absolute Gasteiger partial charge is 0.230 e. The maximum Gasteiger partial charge on any atom is 0.230 e. The molecule has 21 heavy (non-hydrogen) atoms. The second kappa shape index (κ2) is 7.98. The predicted molar refractivity (Wildman–Crippen MR) is 89.0 cm³/mol. The minimum atomic E-state index is 0.104. The number of carbonyl (C=O) groups excluding carboxylic acids is 1. The lowest BCUT2D eigenvalue weighted by molar-refractivity contribution is -0.119. The molecule has 0 unspecified atom stereocenters. The van der Waals surface area contributed by atoms with Crippen molar-refractivity contribution >= 4 is 34.1 Å². The van der Waals surface area contributed by atoms with Gasteiger partial charge in [-0.3, -0.25) is 4.79 Å². The molecule has 1 aromatic rings. The average Bonchev–Trinajstić information content (AvgIpc) is 2.86. The van der Waals surface area contributed by atoms with Gasteiger partial charge in [0.1, 0.15) is 0 Å². The number of aromatic nitrogens is 2. The van der Waals surface area contributed by atoms with Crippen LogP contribution in [0, 0.1) is 5.92 Å². The highest BCUT2D eigenvalue weighted by Crippen LogP contribution is 2.26. The largest absolute Gasteiger partial charge is 0.358 e. The first-order valence-corrected chi connectivity index (χ1v) is 9.37. The number of anilines is 1. The van der Waals surface area contributed by atoms with Crippen molar-refractivity contribution in [1.82, 2.24) is 15.5 Å². The van der Waals surface area contributed by atoms with Crippen LogP contribution in [0.4, 0.5) is 5.13 Å². The first-order chi connectivity index (χ1) is 10.0. The summed E-state index contributed by atoms with van der Waals surface area (Å²) in [5, 5.41) is 15.3. The number of amides is 1. The Bertz CT molecular complexity index is 464. The number of nitrogens with zero attached hydrogens (tertiary/aromatic N) is 2. The molecule has 2 atom stereocenters. The Balaban J connectivity index is 1.74. The molecule has 0 spiro atoms. The minimum Gasteiger partial charge on any atom is -0.358 e. The van der Waals surface area contributed by atoms with Gasteiger partial charge in [-0.15, -0.1) is 10.2 Å². The molecule has 1 heterocycles. The molecule has 1 aliphatic carbocycles. The van der Waals surface area contributed by atoms with Crippen molar-refractivity contribution in [3.8, 4) is 0 Å². The van der Waals surface area contributed by atoms with Gasteiger partial charge in [0.15, 0.2) is 4.34 Å². The van der Waals surface area contributed by atoms with Gasteiger partial charge in [0.2, 0.25) is 11.0 Å². The van der Waals surface area contributed by atoms with Crippen LogP contribution in [0.3, 0.4) is 0 Å². The van der Waals surface area contributed by atoms with Crippen LogP contribution in [-0.4, -0.2) is 33.9 Å². The van der Waals surface area contributed by atoms with Crippen LogP contribution in [0.15, 0.2) is 4.34 Å². The van der Waals surface area contributed by atoms with Gasteiger partial charge in [-0.05, 0) is 32.6 Å². The van der Waals surface area contributed by atoms with Gasteiger partial charge >= 0.3 is 0 Å². The molecule has 0 radical (unpaired) electrons. The van der Waals surface area contributed by atoms with E-state index in [1.165, 1.54) is 42.4 Å².